The van der Waals surface area contributed by atoms with E-state index in [0.29, 0.717) is 12.0 Å². The molecular formula is C21H29NO3. The fourth-order valence-corrected chi connectivity index (χ4v) is 1.85. The zero-order chi connectivity index (χ0) is 19.5. The Morgan fingerprint density at radius 3 is 2.40 bits per heavy atom. The minimum Gasteiger partial charge on any atom is -0.456 e. The largest absolute Gasteiger partial charge is 0.456 e. The molecule has 4 heteroatoms. The quantitative estimate of drug-likeness (QED) is 0.274. The number of allylic oxidation sites excluding steroid dienone is 6. The number of carbonyl (C=O) groups excluding carboxylic acids is 2. The Balaban J connectivity index is 4.65. The molecule has 0 radical (unpaired) electrons. The molecule has 0 fully saturated rings. The van der Waals surface area contributed by atoms with Crippen LogP contribution in [0.15, 0.2) is 47.6 Å². The van der Waals surface area contributed by atoms with E-state index in [1.807, 2.05) is 52.0 Å². The van der Waals surface area contributed by atoms with Gasteiger partial charge in [0, 0.05) is 5.92 Å². The van der Waals surface area contributed by atoms with E-state index >= 15 is 0 Å². The predicted octanol–water partition coefficient (Wildman–Crippen LogP) is 4.84. The number of rotatable bonds is 8. The fourth-order valence-electron chi connectivity index (χ4n) is 1.85. The zero-order valence-electron chi connectivity index (χ0n) is 16.1. The summed E-state index contributed by atoms with van der Waals surface area (Å²) < 4.78 is 5.36. The molecule has 136 valence electrons. The molecule has 1 atom stereocenters. The number of ether oxygens (including phenoxy) is 1. The highest BCUT2D eigenvalue weighted by atomic mass is 16.6. The van der Waals surface area contributed by atoms with Crippen LogP contribution in [-0.4, -0.2) is 17.4 Å². The summed E-state index contributed by atoms with van der Waals surface area (Å²) in [5.41, 5.74) is 0.928. The Bertz CT molecular complexity index is 623. The lowest BCUT2D eigenvalue weighted by atomic mass is 10.0. The molecule has 0 saturated heterocycles. The maximum absolute atomic E-state index is 12.1. The molecule has 0 spiro atoms. The normalized spacial score (nSPS) is 14.6. The average molecular weight is 343 g/mol. The van der Waals surface area contributed by atoms with Crippen LogP contribution in [0.25, 0.3) is 0 Å². The first-order chi connectivity index (χ1) is 11.6. The molecule has 0 aliphatic carbocycles. The lowest BCUT2D eigenvalue weighted by Crippen LogP contribution is -2.24. The van der Waals surface area contributed by atoms with E-state index in [2.05, 4.69) is 0 Å². The number of Topliss-reactive ketones (excluding diaryl/α,β-unsaturated/α-hetero) is 1. The van der Waals surface area contributed by atoms with E-state index in [0.717, 1.165) is 5.57 Å². The maximum Gasteiger partial charge on any atom is 0.338 e. The van der Waals surface area contributed by atoms with Gasteiger partial charge in [-0.05, 0) is 47.1 Å². The highest BCUT2D eigenvalue weighted by Gasteiger charge is 2.18. The minimum absolute atomic E-state index is 0.0556. The van der Waals surface area contributed by atoms with Crippen molar-refractivity contribution in [1.29, 1.82) is 5.26 Å². The summed E-state index contributed by atoms with van der Waals surface area (Å²) in [6, 6.07) is 1.86. The van der Waals surface area contributed by atoms with Crippen molar-refractivity contribution >= 4 is 11.8 Å². The van der Waals surface area contributed by atoms with Crippen LogP contribution in [0.5, 0.6) is 0 Å². The van der Waals surface area contributed by atoms with Gasteiger partial charge in [0.25, 0.3) is 0 Å². The van der Waals surface area contributed by atoms with Crippen molar-refractivity contribution < 1.29 is 14.3 Å². The number of carbonyl (C=O) groups is 2. The molecule has 25 heavy (non-hydrogen) atoms. The smallest absolute Gasteiger partial charge is 0.338 e. The maximum atomic E-state index is 12.1. The van der Waals surface area contributed by atoms with Crippen molar-refractivity contribution in [3.8, 4) is 6.07 Å². The van der Waals surface area contributed by atoms with Crippen molar-refractivity contribution in [2.75, 3.05) is 0 Å². The number of hydrogen-bond acceptors (Lipinski definition) is 4. The second-order valence-electron chi connectivity index (χ2n) is 6.79. The number of esters is 1. The van der Waals surface area contributed by atoms with E-state index in [-0.39, 0.29) is 24.1 Å². The second-order valence-corrected chi connectivity index (χ2v) is 6.79. The summed E-state index contributed by atoms with van der Waals surface area (Å²) in [7, 11) is 0. The molecule has 0 rings (SSSR count). The molecule has 0 aromatic heterocycles. The monoisotopic (exact) mass is 343 g/mol. The molecule has 0 aromatic rings. The van der Waals surface area contributed by atoms with Crippen molar-refractivity contribution in [3.05, 3.63) is 47.6 Å². The summed E-state index contributed by atoms with van der Waals surface area (Å²) in [6.45, 7) is 11.0. The predicted molar refractivity (Wildman–Crippen MR) is 101 cm³/mol. The Morgan fingerprint density at radius 2 is 1.88 bits per heavy atom. The number of ketones is 1. The van der Waals surface area contributed by atoms with Crippen LogP contribution in [0.3, 0.4) is 0 Å². The zero-order valence-corrected chi connectivity index (χ0v) is 16.1. The van der Waals surface area contributed by atoms with Gasteiger partial charge in [0.15, 0.2) is 5.78 Å². The minimum atomic E-state index is -0.520. The molecule has 0 bridgehead atoms. The molecule has 4 nitrogen and oxygen atoms in total. The van der Waals surface area contributed by atoms with E-state index in [1.165, 1.54) is 0 Å². The van der Waals surface area contributed by atoms with Crippen LogP contribution in [0.2, 0.25) is 0 Å². The Morgan fingerprint density at radius 1 is 1.24 bits per heavy atom. The van der Waals surface area contributed by atoms with Gasteiger partial charge in [-0.15, -0.1) is 0 Å². The molecule has 0 heterocycles. The van der Waals surface area contributed by atoms with E-state index < -0.39 is 5.60 Å². The van der Waals surface area contributed by atoms with Gasteiger partial charge in [0.2, 0.25) is 0 Å². The molecular weight excluding hydrogens is 314 g/mol. The van der Waals surface area contributed by atoms with Crippen LogP contribution >= 0.6 is 0 Å². The van der Waals surface area contributed by atoms with Crippen LogP contribution in [0, 0.1) is 17.2 Å². The number of nitriles is 1. The standard InChI is InChI=1S/C21H29NO3/c1-7-18(20(24)25-21(4,5)6)15-16(2)11-9-8-10-12-17(3)19(23)13-14-22/h7,9-12,15,17H,8,13H2,1-6H3. The molecule has 1 unspecified atom stereocenters. The first-order valence-corrected chi connectivity index (χ1v) is 8.41. The molecule has 0 aliphatic heterocycles. The lowest BCUT2D eigenvalue weighted by Gasteiger charge is -2.19. The van der Waals surface area contributed by atoms with Crippen LogP contribution in [0.1, 0.15) is 54.4 Å². The van der Waals surface area contributed by atoms with Gasteiger partial charge in [0.1, 0.15) is 5.60 Å². The van der Waals surface area contributed by atoms with Crippen LogP contribution in [0.4, 0.5) is 0 Å². The van der Waals surface area contributed by atoms with Gasteiger partial charge in [-0.1, -0.05) is 42.9 Å². The Hall–Kier alpha value is -2.41. The Kier molecular flexibility index (Phi) is 10.1. The first kappa shape index (κ1) is 22.6. The van der Waals surface area contributed by atoms with Crippen molar-refractivity contribution in [3.63, 3.8) is 0 Å². The molecule has 0 aromatic carbocycles. The summed E-state index contributed by atoms with van der Waals surface area (Å²) in [4.78, 5) is 23.5. The molecule has 0 amide bonds. The van der Waals surface area contributed by atoms with Crippen molar-refractivity contribution in [1.82, 2.24) is 0 Å². The Labute approximate surface area is 151 Å². The van der Waals surface area contributed by atoms with Crippen molar-refractivity contribution in [2.45, 2.75) is 60.0 Å². The highest BCUT2D eigenvalue weighted by Crippen LogP contribution is 2.13. The fraction of sp³-hybridized carbons (Fsp3) is 0.476. The third-order valence-electron chi connectivity index (χ3n) is 3.17. The topological polar surface area (TPSA) is 67.2 Å². The molecule has 0 N–H and O–H groups in total. The van der Waals surface area contributed by atoms with Gasteiger partial charge >= 0.3 is 5.97 Å². The molecule has 0 aliphatic rings. The highest BCUT2D eigenvalue weighted by molar-refractivity contribution is 5.92. The third kappa shape index (κ3) is 10.9. The number of nitrogens with zero attached hydrogens (tertiary/aromatic N) is 1. The summed E-state index contributed by atoms with van der Waals surface area (Å²) in [5, 5.41) is 8.50. The van der Waals surface area contributed by atoms with E-state index in [9.17, 15) is 9.59 Å². The average Bonchev–Trinajstić information content (AvgIpc) is 2.50. The first-order valence-electron chi connectivity index (χ1n) is 8.41. The summed E-state index contributed by atoms with van der Waals surface area (Å²) >= 11 is 0. The van der Waals surface area contributed by atoms with Gasteiger partial charge in [-0.3, -0.25) is 4.79 Å². The summed E-state index contributed by atoms with van der Waals surface area (Å²) in [5.74, 6) is -0.659. The molecule has 0 saturated carbocycles. The van der Waals surface area contributed by atoms with Crippen molar-refractivity contribution in [2.24, 2.45) is 5.92 Å². The van der Waals surface area contributed by atoms with Gasteiger partial charge < -0.3 is 4.74 Å². The van der Waals surface area contributed by atoms with E-state index in [4.69, 9.17) is 10.00 Å². The lowest BCUT2D eigenvalue weighted by molar-refractivity contribution is -0.149. The van der Waals surface area contributed by atoms with Gasteiger partial charge in [0.05, 0.1) is 18.1 Å². The number of hydrogen-bond donors (Lipinski definition) is 0. The van der Waals surface area contributed by atoms with Crippen LogP contribution in [-0.2, 0) is 14.3 Å². The van der Waals surface area contributed by atoms with Crippen LogP contribution < -0.4 is 0 Å². The SMILES string of the molecule is CC=C(C=C(C)C=CCC=CC(C)C(=O)CC#N)C(=O)OC(C)(C)C. The van der Waals surface area contributed by atoms with E-state index in [1.54, 1.807) is 32.1 Å². The van der Waals surface area contributed by atoms with Gasteiger partial charge in [-0.2, -0.15) is 5.26 Å². The van der Waals surface area contributed by atoms with Gasteiger partial charge in [-0.25, -0.2) is 4.79 Å². The summed E-state index contributed by atoms with van der Waals surface area (Å²) in [6.07, 6.45) is 11.7. The third-order valence-corrected chi connectivity index (χ3v) is 3.17. The second kappa shape index (κ2) is 11.2.